The second-order valence-electron chi connectivity index (χ2n) is 6.87. The Bertz CT molecular complexity index is 933. The van der Waals surface area contributed by atoms with Crippen LogP contribution in [0.15, 0.2) is 48.5 Å². The lowest BCUT2D eigenvalue weighted by atomic mass is 9.99. The van der Waals surface area contributed by atoms with Crippen molar-refractivity contribution in [2.75, 3.05) is 20.2 Å². The first kappa shape index (κ1) is 16.6. The Balaban J connectivity index is 1.42. The zero-order chi connectivity index (χ0) is 18.1. The number of aromatic nitrogens is 1. The molecule has 4 nitrogen and oxygen atoms in total. The Hall–Kier alpha value is -2.82. The van der Waals surface area contributed by atoms with Crippen molar-refractivity contribution in [1.29, 1.82) is 0 Å². The number of hydrogen-bond acceptors (Lipinski definition) is 2. The van der Waals surface area contributed by atoms with Crippen molar-refractivity contribution in [3.63, 3.8) is 0 Å². The van der Waals surface area contributed by atoms with Crippen LogP contribution in [0.2, 0.25) is 0 Å². The van der Waals surface area contributed by atoms with E-state index in [9.17, 15) is 9.18 Å². The quantitative estimate of drug-likeness (QED) is 0.771. The third kappa shape index (κ3) is 3.29. The Morgan fingerprint density at radius 3 is 2.81 bits per heavy atom. The molecule has 1 amide bonds. The van der Waals surface area contributed by atoms with Crippen LogP contribution in [0.4, 0.5) is 4.39 Å². The molecule has 26 heavy (non-hydrogen) atoms. The first-order valence-electron chi connectivity index (χ1n) is 8.83. The predicted molar refractivity (Wildman–Crippen MR) is 99.0 cm³/mol. The summed E-state index contributed by atoms with van der Waals surface area (Å²) in [6.45, 7) is 1.50. The maximum Gasteiger partial charge on any atom is 0.270 e. The third-order valence-corrected chi connectivity index (χ3v) is 5.07. The number of hydrogen-bond donors (Lipinski definition) is 1. The third-order valence-electron chi connectivity index (χ3n) is 5.07. The lowest BCUT2D eigenvalue weighted by molar-refractivity contribution is 0.0782. The molecule has 1 atom stereocenters. The molecule has 1 saturated heterocycles. The monoisotopic (exact) mass is 352 g/mol. The number of aromatic amines is 1. The van der Waals surface area contributed by atoms with Crippen LogP contribution in [-0.4, -0.2) is 36.0 Å². The minimum absolute atomic E-state index is 0.0150. The summed E-state index contributed by atoms with van der Waals surface area (Å²) < 4.78 is 18.5. The fourth-order valence-electron chi connectivity index (χ4n) is 3.67. The van der Waals surface area contributed by atoms with Crippen molar-refractivity contribution in [2.24, 2.45) is 5.92 Å². The molecule has 1 fully saturated rings. The smallest absolute Gasteiger partial charge is 0.270 e. The molecular weight excluding hydrogens is 331 g/mol. The molecule has 1 aliphatic rings. The van der Waals surface area contributed by atoms with Crippen LogP contribution in [-0.2, 0) is 6.42 Å². The first-order valence-corrected chi connectivity index (χ1v) is 8.83. The fraction of sp³-hybridized carbons (Fsp3) is 0.286. The predicted octanol–water partition coefficient (Wildman–Crippen LogP) is 4.02. The summed E-state index contributed by atoms with van der Waals surface area (Å²) in [5.41, 5.74) is 2.56. The number of rotatable bonds is 4. The Morgan fingerprint density at radius 1 is 1.23 bits per heavy atom. The van der Waals surface area contributed by atoms with Crippen molar-refractivity contribution < 1.29 is 13.9 Å². The van der Waals surface area contributed by atoms with E-state index >= 15 is 0 Å². The fourth-order valence-corrected chi connectivity index (χ4v) is 3.67. The topological polar surface area (TPSA) is 45.3 Å². The Labute approximate surface area is 151 Å². The number of amides is 1. The second kappa shape index (κ2) is 6.83. The lowest BCUT2D eigenvalue weighted by Crippen LogP contribution is -2.29. The summed E-state index contributed by atoms with van der Waals surface area (Å²) in [6.07, 6.45) is 1.94. The second-order valence-corrected chi connectivity index (χ2v) is 6.87. The number of ether oxygens (including phenoxy) is 1. The van der Waals surface area contributed by atoms with Gasteiger partial charge in [-0.3, -0.25) is 4.79 Å². The molecule has 5 heteroatoms. The van der Waals surface area contributed by atoms with E-state index in [0.29, 0.717) is 11.6 Å². The molecule has 4 rings (SSSR count). The van der Waals surface area contributed by atoms with Crippen molar-refractivity contribution in [2.45, 2.75) is 12.8 Å². The van der Waals surface area contributed by atoms with Crippen LogP contribution in [0.3, 0.4) is 0 Å². The number of nitrogens with zero attached hydrogens (tertiary/aromatic N) is 1. The average molecular weight is 352 g/mol. The number of nitrogens with one attached hydrogen (secondary N) is 1. The normalized spacial score (nSPS) is 17.0. The van der Waals surface area contributed by atoms with Gasteiger partial charge in [0, 0.05) is 24.0 Å². The van der Waals surface area contributed by atoms with Gasteiger partial charge in [0.25, 0.3) is 5.91 Å². The van der Waals surface area contributed by atoms with Crippen molar-refractivity contribution in [3.05, 3.63) is 65.6 Å². The number of fused-ring (bicyclic) bond motifs is 1. The van der Waals surface area contributed by atoms with E-state index in [-0.39, 0.29) is 11.7 Å². The average Bonchev–Trinajstić information content (AvgIpc) is 3.28. The Kier molecular flexibility index (Phi) is 4.37. The molecular formula is C21H21FN2O2. The van der Waals surface area contributed by atoms with Gasteiger partial charge in [0.1, 0.15) is 17.3 Å². The summed E-state index contributed by atoms with van der Waals surface area (Å²) in [7, 11) is 1.66. The molecule has 1 aromatic heterocycles. The maximum absolute atomic E-state index is 13.3. The van der Waals surface area contributed by atoms with Crippen molar-refractivity contribution >= 4 is 16.8 Å². The molecule has 0 saturated carbocycles. The maximum atomic E-state index is 13.3. The molecule has 134 valence electrons. The number of halogens is 1. The van der Waals surface area contributed by atoms with Gasteiger partial charge < -0.3 is 14.6 Å². The molecule has 0 bridgehead atoms. The van der Waals surface area contributed by atoms with E-state index < -0.39 is 0 Å². The largest absolute Gasteiger partial charge is 0.497 e. The van der Waals surface area contributed by atoms with E-state index in [1.165, 1.54) is 17.7 Å². The van der Waals surface area contributed by atoms with Crippen molar-refractivity contribution in [3.8, 4) is 5.75 Å². The van der Waals surface area contributed by atoms with Gasteiger partial charge in [0.15, 0.2) is 0 Å². The summed E-state index contributed by atoms with van der Waals surface area (Å²) in [4.78, 5) is 17.8. The molecule has 1 aliphatic heterocycles. The van der Waals surface area contributed by atoms with E-state index in [1.807, 2.05) is 17.0 Å². The van der Waals surface area contributed by atoms with E-state index in [1.54, 1.807) is 19.2 Å². The van der Waals surface area contributed by atoms with Gasteiger partial charge in [-0.2, -0.15) is 0 Å². The number of methoxy groups -OCH3 is 1. The van der Waals surface area contributed by atoms with Gasteiger partial charge >= 0.3 is 0 Å². The van der Waals surface area contributed by atoms with Gasteiger partial charge in [-0.15, -0.1) is 0 Å². The standard InChI is InChI=1S/C21H21FN2O2/c1-26-18-5-2-14(3-6-18)10-15-8-9-24(13-15)21(25)20-12-16-11-17(22)4-7-19(16)23-20/h2-7,11-12,15,23H,8-10,13H2,1H3. The molecule has 0 radical (unpaired) electrons. The summed E-state index contributed by atoms with van der Waals surface area (Å²) >= 11 is 0. The highest BCUT2D eigenvalue weighted by atomic mass is 19.1. The highest BCUT2D eigenvalue weighted by Gasteiger charge is 2.27. The summed E-state index contributed by atoms with van der Waals surface area (Å²) in [5.74, 6) is 0.997. The lowest BCUT2D eigenvalue weighted by Gasteiger charge is -2.16. The Morgan fingerprint density at radius 2 is 2.04 bits per heavy atom. The minimum Gasteiger partial charge on any atom is -0.497 e. The van der Waals surface area contributed by atoms with Crippen molar-refractivity contribution in [1.82, 2.24) is 9.88 Å². The van der Waals surface area contributed by atoms with Crippen LogP contribution in [0.5, 0.6) is 5.75 Å². The molecule has 0 spiro atoms. The van der Waals surface area contributed by atoms with Gasteiger partial charge in [0.2, 0.25) is 0 Å². The first-order chi connectivity index (χ1) is 12.6. The number of carbonyl (C=O) groups is 1. The molecule has 1 N–H and O–H groups in total. The summed E-state index contributed by atoms with van der Waals surface area (Å²) in [5, 5.41) is 0.724. The zero-order valence-electron chi connectivity index (χ0n) is 14.7. The zero-order valence-corrected chi connectivity index (χ0v) is 14.7. The van der Waals surface area contributed by atoms with E-state index in [4.69, 9.17) is 4.74 Å². The molecule has 1 unspecified atom stereocenters. The minimum atomic E-state index is -0.295. The van der Waals surface area contributed by atoms with Crippen LogP contribution in [0.1, 0.15) is 22.5 Å². The van der Waals surface area contributed by atoms with Gasteiger partial charge in [-0.1, -0.05) is 12.1 Å². The molecule has 2 heterocycles. The highest BCUT2D eigenvalue weighted by molar-refractivity contribution is 5.98. The van der Waals surface area contributed by atoms with Gasteiger partial charge in [0.05, 0.1) is 7.11 Å². The van der Waals surface area contributed by atoms with E-state index in [2.05, 4.69) is 17.1 Å². The number of benzene rings is 2. The number of carbonyl (C=O) groups excluding carboxylic acids is 1. The number of likely N-dealkylation sites (tertiary alicyclic amines) is 1. The molecule has 3 aromatic rings. The van der Waals surface area contributed by atoms with E-state index in [0.717, 1.165) is 42.6 Å². The molecule has 0 aliphatic carbocycles. The van der Waals surface area contributed by atoms with Gasteiger partial charge in [-0.25, -0.2) is 4.39 Å². The van der Waals surface area contributed by atoms with Crippen LogP contribution >= 0.6 is 0 Å². The molecule has 2 aromatic carbocycles. The number of H-pyrrole nitrogens is 1. The van der Waals surface area contributed by atoms with Crippen LogP contribution in [0, 0.1) is 11.7 Å². The van der Waals surface area contributed by atoms with Gasteiger partial charge in [-0.05, 0) is 60.7 Å². The van der Waals surface area contributed by atoms with Crippen LogP contribution < -0.4 is 4.74 Å². The SMILES string of the molecule is COc1ccc(CC2CCN(C(=O)c3cc4cc(F)ccc4[nH]3)C2)cc1. The highest BCUT2D eigenvalue weighted by Crippen LogP contribution is 2.25. The van der Waals surface area contributed by atoms with Crippen LogP contribution in [0.25, 0.3) is 10.9 Å². The summed E-state index contributed by atoms with van der Waals surface area (Å²) in [6, 6.07) is 14.3.